The molecule has 1 aromatic rings. The van der Waals surface area contributed by atoms with E-state index in [1.54, 1.807) is 12.1 Å². The second-order valence-corrected chi connectivity index (χ2v) is 5.88. The van der Waals surface area contributed by atoms with Gasteiger partial charge in [0.25, 0.3) is 0 Å². The van der Waals surface area contributed by atoms with Crippen molar-refractivity contribution in [3.05, 3.63) is 34.6 Å². The second kappa shape index (κ2) is 6.20. The van der Waals surface area contributed by atoms with Gasteiger partial charge in [-0.3, -0.25) is 9.69 Å². The number of morpholine rings is 1. The number of halogens is 2. The highest BCUT2D eigenvalue weighted by atomic mass is 35.5. The van der Waals surface area contributed by atoms with Crippen molar-refractivity contribution in [1.29, 1.82) is 0 Å². The van der Waals surface area contributed by atoms with Crippen LogP contribution in [0.4, 0.5) is 4.39 Å². The Labute approximate surface area is 123 Å². The SMILES string of the molecule is CC(C)(C(=O)Cc1cccc(Cl)c1F)N1CCOCC1. The van der Waals surface area contributed by atoms with Gasteiger partial charge in [0.1, 0.15) is 5.82 Å². The molecule has 5 heteroatoms. The van der Waals surface area contributed by atoms with Gasteiger partial charge in [-0.1, -0.05) is 23.7 Å². The third-order valence-corrected chi connectivity index (χ3v) is 4.16. The molecular formula is C15H19ClFNO2. The van der Waals surface area contributed by atoms with Crippen LogP contribution in [0.2, 0.25) is 5.02 Å². The van der Waals surface area contributed by atoms with Gasteiger partial charge in [0.2, 0.25) is 0 Å². The topological polar surface area (TPSA) is 29.5 Å². The van der Waals surface area contributed by atoms with Crippen LogP contribution in [0, 0.1) is 5.82 Å². The van der Waals surface area contributed by atoms with Gasteiger partial charge < -0.3 is 4.74 Å². The van der Waals surface area contributed by atoms with E-state index in [4.69, 9.17) is 16.3 Å². The maximum atomic E-state index is 13.9. The van der Waals surface area contributed by atoms with Crippen LogP contribution >= 0.6 is 11.6 Å². The zero-order chi connectivity index (χ0) is 14.8. The van der Waals surface area contributed by atoms with Crippen molar-refractivity contribution >= 4 is 17.4 Å². The van der Waals surface area contributed by atoms with E-state index in [2.05, 4.69) is 4.90 Å². The summed E-state index contributed by atoms with van der Waals surface area (Å²) in [6.45, 7) is 6.45. The highest BCUT2D eigenvalue weighted by Crippen LogP contribution is 2.23. The van der Waals surface area contributed by atoms with E-state index in [0.29, 0.717) is 18.8 Å². The molecule has 0 amide bonds. The number of Topliss-reactive ketones (excluding diaryl/α,β-unsaturated/α-hetero) is 1. The maximum Gasteiger partial charge on any atom is 0.156 e. The smallest absolute Gasteiger partial charge is 0.156 e. The van der Waals surface area contributed by atoms with E-state index < -0.39 is 11.4 Å². The third kappa shape index (κ3) is 3.19. The molecule has 1 heterocycles. The number of ether oxygens (including phenoxy) is 1. The van der Waals surface area contributed by atoms with Gasteiger partial charge in [-0.15, -0.1) is 0 Å². The van der Waals surface area contributed by atoms with Crippen molar-refractivity contribution in [2.75, 3.05) is 26.3 Å². The standard InChI is InChI=1S/C15H19ClFNO2/c1-15(2,18-6-8-20-9-7-18)13(19)10-11-4-3-5-12(16)14(11)17/h3-5H,6-10H2,1-2H3. The zero-order valence-electron chi connectivity index (χ0n) is 11.8. The quantitative estimate of drug-likeness (QED) is 0.856. The summed E-state index contributed by atoms with van der Waals surface area (Å²) in [7, 11) is 0. The van der Waals surface area contributed by atoms with Crippen LogP contribution in [0.15, 0.2) is 18.2 Å². The first-order chi connectivity index (χ1) is 9.43. The number of carbonyl (C=O) groups is 1. The zero-order valence-corrected chi connectivity index (χ0v) is 12.5. The molecule has 0 saturated carbocycles. The molecule has 0 unspecified atom stereocenters. The molecule has 0 bridgehead atoms. The fourth-order valence-corrected chi connectivity index (χ4v) is 2.57. The minimum absolute atomic E-state index is 0.0134. The first-order valence-corrected chi connectivity index (χ1v) is 7.09. The van der Waals surface area contributed by atoms with Gasteiger partial charge in [-0.2, -0.15) is 0 Å². The lowest BCUT2D eigenvalue weighted by Gasteiger charge is -2.39. The predicted molar refractivity (Wildman–Crippen MR) is 76.6 cm³/mol. The predicted octanol–water partition coefficient (Wildman–Crippen LogP) is 2.70. The average Bonchev–Trinajstić information content (AvgIpc) is 2.44. The van der Waals surface area contributed by atoms with Crippen LogP contribution in [-0.4, -0.2) is 42.5 Å². The number of hydrogen-bond acceptors (Lipinski definition) is 3. The Kier molecular flexibility index (Phi) is 4.78. The monoisotopic (exact) mass is 299 g/mol. The molecule has 1 aliphatic heterocycles. The number of benzene rings is 1. The summed E-state index contributed by atoms with van der Waals surface area (Å²) in [5.41, 5.74) is -0.276. The molecule has 0 atom stereocenters. The first kappa shape index (κ1) is 15.4. The largest absolute Gasteiger partial charge is 0.379 e. The second-order valence-electron chi connectivity index (χ2n) is 5.47. The van der Waals surface area contributed by atoms with Crippen molar-refractivity contribution in [3.63, 3.8) is 0 Å². The summed E-state index contributed by atoms with van der Waals surface area (Å²) in [6, 6.07) is 4.75. The number of hydrogen-bond donors (Lipinski definition) is 0. The number of carbonyl (C=O) groups excluding carboxylic acids is 1. The summed E-state index contributed by atoms with van der Waals surface area (Å²) in [5, 5.41) is 0.0551. The Morgan fingerprint density at radius 3 is 2.70 bits per heavy atom. The molecule has 110 valence electrons. The van der Waals surface area contributed by atoms with Crippen LogP contribution < -0.4 is 0 Å². The summed E-state index contributed by atoms with van der Waals surface area (Å²) in [5.74, 6) is -0.513. The Bertz CT molecular complexity index is 499. The molecule has 0 spiro atoms. The first-order valence-electron chi connectivity index (χ1n) is 6.72. The lowest BCUT2D eigenvalue weighted by molar-refractivity contribution is -0.131. The maximum absolute atomic E-state index is 13.9. The number of ketones is 1. The molecule has 1 aromatic carbocycles. The van der Waals surface area contributed by atoms with Crippen LogP contribution in [0.1, 0.15) is 19.4 Å². The van der Waals surface area contributed by atoms with Crippen LogP contribution in [0.25, 0.3) is 0 Å². The van der Waals surface area contributed by atoms with E-state index in [9.17, 15) is 9.18 Å². The molecule has 0 N–H and O–H groups in total. The molecule has 0 radical (unpaired) electrons. The highest BCUT2D eigenvalue weighted by molar-refractivity contribution is 6.30. The summed E-state index contributed by atoms with van der Waals surface area (Å²) >= 11 is 5.75. The van der Waals surface area contributed by atoms with Crippen LogP contribution in [0.3, 0.4) is 0 Å². The van der Waals surface area contributed by atoms with Crippen molar-refractivity contribution < 1.29 is 13.9 Å². The molecule has 1 aliphatic rings. The normalized spacial score (nSPS) is 17.2. The van der Waals surface area contributed by atoms with Gasteiger partial charge in [-0.25, -0.2) is 4.39 Å². The van der Waals surface area contributed by atoms with Gasteiger partial charge in [0.05, 0.1) is 23.8 Å². The molecule has 1 fully saturated rings. The summed E-state index contributed by atoms with van der Waals surface area (Å²) in [4.78, 5) is 14.6. The van der Waals surface area contributed by atoms with E-state index >= 15 is 0 Å². The fourth-order valence-electron chi connectivity index (χ4n) is 2.37. The Morgan fingerprint density at radius 1 is 1.40 bits per heavy atom. The molecule has 0 aromatic heterocycles. The van der Waals surface area contributed by atoms with Crippen molar-refractivity contribution in [2.45, 2.75) is 25.8 Å². The molecule has 2 rings (SSSR count). The van der Waals surface area contributed by atoms with Crippen LogP contribution in [0.5, 0.6) is 0 Å². The lowest BCUT2D eigenvalue weighted by Crippen LogP contribution is -2.54. The Morgan fingerprint density at radius 2 is 2.05 bits per heavy atom. The highest BCUT2D eigenvalue weighted by Gasteiger charge is 2.35. The van der Waals surface area contributed by atoms with Crippen molar-refractivity contribution in [2.24, 2.45) is 0 Å². The molecule has 20 heavy (non-hydrogen) atoms. The van der Waals surface area contributed by atoms with E-state index in [1.165, 1.54) is 6.07 Å². The van der Waals surface area contributed by atoms with Crippen LogP contribution in [-0.2, 0) is 16.0 Å². The minimum Gasteiger partial charge on any atom is -0.379 e. The van der Waals surface area contributed by atoms with E-state index in [1.807, 2.05) is 13.8 Å². The molecule has 3 nitrogen and oxygen atoms in total. The summed E-state index contributed by atoms with van der Waals surface area (Å²) in [6.07, 6.45) is 0.0523. The number of nitrogens with zero attached hydrogens (tertiary/aromatic N) is 1. The lowest BCUT2D eigenvalue weighted by atomic mass is 9.91. The fraction of sp³-hybridized carbons (Fsp3) is 0.533. The van der Waals surface area contributed by atoms with Crippen molar-refractivity contribution in [3.8, 4) is 0 Å². The van der Waals surface area contributed by atoms with Gasteiger partial charge in [-0.05, 0) is 25.5 Å². The van der Waals surface area contributed by atoms with Gasteiger partial charge in [0, 0.05) is 19.5 Å². The van der Waals surface area contributed by atoms with Gasteiger partial charge >= 0.3 is 0 Å². The number of rotatable bonds is 4. The third-order valence-electron chi connectivity index (χ3n) is 3.87. The van der Waals surface area contributed by atoms with E-state index in [-0.39, 0.29) is 17.2 Å². The van der Waals surface area contributed by atoms with E-state index in [0.717, 1.165) is 13.1 Å². The Balaban J connectivity index is 2.12. The molecular weight excluding hydrogens is 281 g/mol. The van der Waals surface area contributed by atoms with Crippen molar-refractivity contribution in [1.82, 2.24) is 4.90 Å². The Hall–Kier alpha value is -0.970. The molecule has 1 saturated heterocycles. The average molecular weight is 300 g/mol. The minimum atomic E-state index is -0.626. The summed E-state index contributed by atoms with van der Waals surface area (Å²) < 4.78 is 19.2. The molecule has 0 aliphatic carbocycles. The van der Waals surface area contributed by atoms with Gasteiger partial charge in [0.15, 0.2) is 5.78 Å².